The van der Waals surface area contributed by atoms with Crippen molar-refractivity contribution >= 4 is 17.9 Å². The Kier molecular flexibility index (Phi) is 2.28. The normalized spacial score (nSPS) is 13.0. The number of cyclic esters (lactones) is 2. The van der Waals surface area contributed by atoms with Gasteiger partial charge in [0.15, 0.2) is 0 Å². The van der Waals surface area contributed by atoms with Crippen molar-refractivity contribution in [2.75, 3.05) is 0 Å². The van der Waals surface area contributed by atoms with Gasteiger partial charge in [-0.15, -0.1) is 0 Å². The number of carbonyl (C=O) groups excluding carboxylic acids is 3. The van der Waals surface area contributed by atoms with E-state index in [-0.39, 0.29) is 16.7 Å². The Bertz CT molecular complexity index is 515. The predicted molar refractivity (Wildman–Crippen MR) is 51.8 cm³/mol. The maximum absolute atomic E-state index is 11.3. The molecule has 1 heterocycles. The number of ether oxygens (including phenoxy) is 2. The molecule has 16 heavy (non-hydrogen) atoms. The summed E-state index contributed by atoms with van der Waals surface area (Å²) < 4.78 is 8.91. The van der Waals surface area contributed by atoms with Crippen LogP contribution in [-0.4, -0.2) is 17.9 Å². The Hall–Kier alpha value is -2.43. The highest BCUT2D eigenvalue weighted by Gasteiger charge is 2.30. The van der Waals surface area contributed by atoms with Crippen LogP contribution in [0.15, 0.2) is 31.0 Å². The summed E-state index contributed by atoms with van der Waals surface area (Å²) in [6, 6.07) is 3.99. The molecular weight excluding hydrogens is 212 g/mol. The number of rotatable bonds is 2. The van der Waals surface area contributed by atoms with Gasteiger partial charge in [0.1, 0.15) is 0 Å². The van der Waals surface area contributed by atoms with Gasteiger partial charge in [-0.25, -0.2) is 14.4 Å². The second kappa shape index (κ2) is 3.62. The van der Waals surface area contributed by atoms with Crippen LogP contribution in [0.3, 0.4) is 0 Å². The van der Waals surface area contributed by atoms with Crippen molar-refractivity contribution in [1.82, 2.24) is 0 Å². The summed E-state index contributed by atoms with van der Waals surface area (Å²) in [5, 5.41) is 0. The molecule has 1 aromatic rings. The SMILES string of the molecule is C=COC(=O)c1ccc2c(c1)C(=O)OC2=O. The Labute approximate surface area is 90.3 Å². The fourth-order valence-corrected chi connectivity index (χ4v) is 1.36. The van der Waals surface area contributed by atoms with Gasteiger partial charge in [0.25, 0.3) is 0 Å². The third-order valence-electron chi connectivity index (χ3n) is 2.07. The highest BCUT2D eigenvalue weighted by molar-refractivity contribution is 6.15. The lowest BCUT2D eigenvalue weighted by Gasteiger charge is -1.99. The van der Waals surface area contributed by atoms with Gasteiger partial charge < -0.3 is 9.47 Å². The van der Waals surface area contributed by atoms with Gasteiger partial charge in [-0.3, -0.25) is 0 Å². The minimum atomic E-state index is -0.756. The summed E-state index contributed by atoms with van der Waals surface area (Å²) in [6.45, 7) is 3.24. The van der Waals surface area contributed by atoms with Gasteiger partial charge in [0, 0.05) is 0 Å². The van der Waals surface area contributed by atoms with Crippen LogP contribution in [0.1, 0.15) is 31.1 Å². The second-order valence-corrected chi connectivity index (χ2v) is 3.01. The molecule has 0 unspecified atom stereocenters. The second-order valence-electron chi connectivity index (χ2n) is 3.01. The highest BCUT2D eigenvalue weighted by Crippen LogP contribution is 2.21. The van der Waals surface area contributed by atoms with E-state index >= 15 is 0 Å². The van der Waals surface area contributed by atoms with Gasteiger partial charge in [-0.1, -0.05) is 6.58 Å². The van der Waals surface area contributed by atoms with Gasteiger partial charge >= 0.3 is 17.9 Å². The van der Waals surface area contributed by atoms with Crippen LogP contribution in [0.4, 0.5) is 0 Å². The van der Waals surface area contributed by atoms with E-state index in [0.29, 0.717) is 0 Å². The molecule has 5 nitrogen and oxygen atoms in total. The molecule has 0 bridgehead atoms. The maximum Gasteiger partial charge on any atom is 0.346 e. The quantitative estimate of drug-likeness (QED) is 0.425. The van der Waals surface area contributed by atoms with Crippen molar-refractivity contribution in [1.29, 1.82) is 0 Å². The summed E-state index contributed by atoms with van der Waals surface area (Å²) in [6.07, 6.45) is 0.985. The van der Waals surface area contributed by atoms with Crippen molar-refractivity contribution in [2.24, 2.45) is 0 Å². The zero-order valence-electron chi connectivity index (χ0n) is 8.06. The molecule has 0 radical (unpaired) electrons. The molecule has 0 aromatic heterocycles. The maximum atomic E-state index is 11.3. The molecule has 0 N–H and O–H groups in total. The van der Waals surface area contributed by atoms with Crippen molar-refractivity contribution in [3.05, 3.63) is 47.7 Å². The predicted octanol–water partition coefficient (Wildman–Crippen LogP) is 1.30. The first-order valence-corrected chi connectivity index (χ1v) is 4.36. The van der Waals surface area contributed by atoms with E-state index in [2.05, 4.69) is 16.1 Å². The zero-order valence-corrected chi connectivity index (χ0v) is 8.06. The molecule has 2 rings (SSSR count). The largest absolute Gasteiger partial charge is 0.432 e. The Morgan fingerprint density at radius 3 is 2.62 bits per heavy atom. The first-order chi connectivity index (χ1) is 7.63. The van der Waals surface area contributed by atoms with E-state index in [0.717, 1.165) is 6.26 Å². The van der Waals surface area contributed by atoms with Crippen molar-refractivity contribution in [2.45, 2.75) is 0 Å². The highest BCUT2D eigenvalue weighted by atomic mass is 16.6. The van der Waals surface area contributed by atoms with Gasteiger partial charge in [0.2, 0.25) is 0 Å². The average molecular weight is 218 g/mol. The van der Waals surface area contributed by atoms with Crippen LogP contribution in [0.25, 0.3) is 0 Å². The summed E-state index contributed by atoms with van der Waals surface area (Å²) >= 11 is 0. The molecule has 0 atom stereocenters. The monoisotopic (exact) mass is 218 g/mol. The fraction of sp³-hybridized carbons (Fsp3) is 0. The summed E-state index contributed by atoms with van der Waals surface area (Å²) in [4.78, 5) is 33.6. The number of esters is 3. The van der Waals surface area contributed by atoms with Gasteiger partial charge in [-0.05, 0) is 18.2 Å². The minimum Gasteiger partial charge on any atom is -0.432 e. The summed E-state index contributed by atoms with van der Waals surface area (Å²) in [7, 11) is 0. The molecule has 1 aliphatic rings. The Balaban J connectivity index is 2.44. The van der Waals surface area contributed by atoms with E-state index in [9.17, 15) is 14.4 Å². The standard InChI is InChI=1S/C11H6O5/c1-2-15-9(12)6-3-4-7-8(5-6)11(14)16-10(7)13/h2-5H,1H2. The van der Waals surface area contributed by atoms with E-state index in [1.54, 1.807) is 0 Å². The minimum absolute atomic E-state index is 0.0727. The smallest absolute Gasteiger partial charge is 0.346 e. The lowest BCUT2D eigenvalue weighted by atomic mass is 10.1. The molecule has 0 amide bonds. The van der Waals surface area contributed by atoms with E-state index in [1.807, 2.05) is 0 Å². The van der Waals surface area contributed by atoms with Crippen molar-refractivity contribution < 1.29 is 23.9 Å². The Morgan fingerprint density at radius 1 is 1.25 bits per heavy atom. The lowest BCUT2D eigenvalue weighted by molar-refractivity contribution is 0.0443. The number of hydrogen-bond acceptors (Lipinski definition) is 5. The fourth-order valence-electron chi connectivity index (χ4n) is 1.36. The molecule has 0 spiro atoms. The van der Waals surface area contributed by atoms with Crippen LogP contribution in [0.5, 0.6) is 0 Å². The number of benzene rings is 1. The molecule has 0 aliphatic carbocycles. The zero-order chi connectivity index (χ0) is 11.7. The number of hydrogen-bond donors (Lipinski definition) is 0. The van der Waals surface area contributed by atoms with Gasteiger partial charge in [0.05, 0.1) is 23.0 Å². The lowest BCUT2D eigenvalue weighted by Crippen LogP contribution is -2.02. The van der Waals surface area contributed by atoms with Crippen LogP contribution in [-0.2, 0) is 9.47 Å². The molecule has 80 valence electrons. The van der Waals surface area contributed by atoms with Crippen molar-refractivity contribution in [3.63, 3.8) is 0 Å². The summed E-state index contributed by atoms with van der Waals surface area (Å²) in [5.74, 6) is -2.11. The first kappa shape index (κ1) is 10.1. The molecule has 1 aliphatic heterocycles. The van der Waals surface area contributed by atoms with E-state index in [4.69, 9.17) is 0 Å². The molecule has 0 saturated heterocycles. The summed E-state index contributed by atoms with van der Waals surface area (Å²) in [5.41, 5.74) is 0.383. The number of fused-ring (bicyclic) bond motifs is 1. The molecule has 0 fully saturated rings. The third kappa shape index (κ3) is 1.48. The molecule has 5 heteroatoms. The Morgan fingerprint density at radius 2 is 1.94 bits per heavy atom. The molecule has 1 aromatic carbocycles. The van der Waals surface area contributed by atoms with Crippen LogP contribution in [0.2, 0.25) is 0 Å². The van der Waals surface area contributed by atoms with E-state index in [1.165, 1.54) is 18.2 Å². The topological polar surface area (TPSA) is 69.7 Å². The molecular formula is C11H6O5. The van der Waals surface area contributed by atoms with E-state index < -0.39 is 17.9 Å². The van der Waals surface area contributed by atoms with Crippen molar-refractivity contribution in [3.8, 4) is 0 Å². The molecule has 0 saturated carbocycles. The first-order valence-electron chi connectivity index (χ1n) is 4.36. The van der Waals surface area contributed by atoms with Crippen LogP contribution < -0.4 is 0 Å². The van der Waals surface area contributed by atoms with Gasteiger partial charge in [-0.2, -0.15) is 0 Å². The van der Waals surface area contributed by atoms with Crippen LogP contribution in [0, 0.1) is 0 Å². The van der Waals surface area contributed by atoms with Crippen LogP contribution >= 0.6 is 0 Å². The number of carbonyl (C=O) groups is 3. The average Bonchev–Trinajstić information content (AvgIpc) is 2.55. The third-order valence-corrected chi connectivity index (χ3v) is 2.07.